The summed E-state index contributed by atoms with van der Waals surface area (Å²) in [6.07, 6.45) is 6.55. The molecular formula is C18H26N2O. The van der Waals surface area contributed by atoms with Gasteiger partial charge in [0.25, 0.3) is 0 Å². The van der Waals surface area contributed by atoms with Gasteiger partial charge in [0.2, 0.25) is 0 Å². The lowest BCUT2D eigenvalue weighted by Crippen LogP contribution is -2.45. The molecule has 1 atom stereocenters. The highest BCUT2D eigenvalue weighted by molar-refractivity contribution is 5.31. The first-order valence-electron chi connectivity index (χ1n) is 8.10. The van der Waals surface area contributed by atoms with Crippen LogP contribution in [0.5, 0.6) is 0 Å². The van der Waals surface area contributed by atoms with Gasteiger partial charge in [-0.25, -0.2) is 0 Å². The molecule has 3 nitrogen and oxygen atoms in total. The predicted octanol–water partition coefficient (Wildman–Crippen LogP) is 3.61. The summed E-state index contributed by atoms with van der Waals surface area (Å²) in [6, 6.07) is 12.3. The number of rotatable bonds is 7. The Morgan fingerprint density at radius 2 is 1.95 bits per heavy atom. The zero-order chi connectivity index (χ0) is 15.0. The van der Waals surface area contributed by atoms with Crippen molar-refractivity contribution in [2.75, 3.05) is 19.8 Å². The van der Waals surface area contributed by atoms with Crippen LogP contribution in [0.1, 0.15) is 44.6 Å². The minimum absolute atomic E-state index is 0.415. The van der Waals surface area contributed by atoms with Crippen LogP contribution in [0.25, 0.3) is 0 Å². The molecule has 0 aliphatic heterocycles. The monoisotopic (exact) mass is 286 g/mol. The minimum atomic E-state index is -0.731. The van der Waals surface area contributed by atoms with Crippen molar-refractivity contribution in [3.63, 3.8) is 0 Å². The molecule has 0 amide bonds. The molecule has 0 saturated heterocycles. The van der Waals surface area contributed by atoms with E-state index in [4.69, 9.17) is 4.74 Å². The summed E-state index contributed by atoms with van der Waals surface area (Å²) >= 11 is 0. The molecule has 0 heterocycles. The molecule has 1 unspecified atom stereocenters. The Labute approximate surface area is 128 Å². The Kier molecular flexibility index (Phi) is 6.22. The average molecular weight is 286 g/mol. The molecular weight excluding hydrogens is 260 g/mol. The van der Waals surface area contributed by atoms with Gasteiger partial charge in [-0.05, 0) is 30.9 Å². The topological polar surface area (TPSA) is 45.0 Å². The van der Waals surface area contributed by atoms with Crippen molar-refractivity contribution in [3.8, 4) is 6.07 Å². The molecule has 0 radical (unpaired) electrons. The first-order valence-corrected chi connectivity index (χ1v) is 8.10. The van der Waals surface area contributed by atoms with Gasteiger partial charge in [-0.2, -0.15) is 5.26 Å². The summed E-state index contributed by atoms with van der Waals surface area (Å²) < 4.78 is 5.95. The van der Waals surface area contributed by atoms with Crippen LogP contribution in [-0.4, -0.2) is 19.8 Å². The highest BCUT2D eigenvalue weighted by Gasteiger charge is 2.32. The van der Waals surface area contributed by atoms with Crippen molar-refractivity contribution in [2.45, 2.75) is 44.6 Å². The number of nitriles is 1. The van der Waals surface area contributed by atoms with Gasteiger partial charge in [0.1, 0.15) is 0 Å². The number of hydrogen-bond acceptors (Lipinski definition) is 3. The van der Waals surface area contributed by atoms with Crippen molar-refractivity contribution in [1.29, 1.82) is 5.26 Å². The standard InChI is InChI=1S/C18H26N2O/c1-2-20-18(14-19,17-11-7-4-8-12-17)15-21-13-16-9-5-3-6-10-16/h4,7-8,11-12,16,20H,2-3,5-6,9-10,13,15H2,1H3. The van der Waals surface area contributed by atoms with Crippen LogP contribution in [0.3, 0.4) is 0 Å². The summed E-state index contributed by atoms with van der Waals surface area (Å²) in [6.45, 7) is 3.96. The van der Waals surface area contributed by atoms with Crippen LogP contribution in [0.2, 0.25) is 0 Å². The Balaban J connectivity index is 1.98. The third-order valence-electron chi connectivity index (χ3n) is 4.33. The van der Waals surface area contributed by atoms with Crippen molar-refractivity contribution in [2.24, 2.45) is 5.92 Å². The molecule has 2 rings (SSSR count). The zero-order valence-electron chi connectivity index (χ0n) is 13.0. The molecule has 0 aromatic heterocycles. The summed E-state index contributed by atoms with van der Waals surface area (Å²) in [7, 11) is 0. The maximum atomic E-state index is 9.71. The van der Waals surface area contributed by atoms with E-state index in [1.54, 1.807) is 0 Å². The number of hydrogen-bond donors (Lipinski definition) is 1. The van der Waals surface area contributed by atoms with Crippen LogP contribution in [0.15, 0.2) is 30.3 Å². The van der Waals surface area contributed by atoms with Crippen LogP contribution < -0.4 is 5.32 Å². The lowest BCUT2D eigenvalue weighted by atomic mass is 9.89. The van der Waals surface area contributed by atoms with Gasteiger partial charge in [0, 0.05) is 6.61 Å². The zero-order valence-corrected chi connectivity index (χ0v) is 13.0. The lowest BCUT2D eigenvalue weighted by molar-refractivity contribution is 0.0531. The van der Waals surface area contributed by atoms with Gasteiger partial charge in [-0.3, -0.25) is 5.32 Å². The minimum Gasteiger partial charge on any atom is -0.378 e. The Morgan fingerprint density at radius 3 is 2.57 bits per heavy atom. The molecule has 1 fully saturated rings. The average Bonchev–Trinajstić information content (AvgIpc) is 2.56. The van der Waals surface area contributed by atoms with Gasteiger partial charge in [-0.1, -0.05) is 56.5 Å². The smallest absolute Gasteiger partial charge is 0.155 e. The fraction of sp³-hybridized carbons (Fsp3) is 0.611. The predicted molar refractivity (Wildman–Crippen MR) is 84.8 cm³/mol. The molecule has 3 heteroatoms. The molecule has 1 N–H and O–H groups in total. The second-order valence-corrected chi connectivity index (χ2v) is 5.93. The molecule has 1 aliphatic rings. The molecule has 21 heavy (non-hydrogen) atoms. The first-order chi connectivity index (χ1) is 10.3. The quantitative estimate of drug-likeness (QED) is 0.832. The fourth-order valence-electron chi connectivity index (χ4n) is 3.13. The van der Waals surface area contributed by atoms with E-state index in [0.717, 1.165) is 18.7 Å². The van der Waals surface area contributed by atoms with Crippen LogP contribution in [0.4, 0.5) is 0 Å². The van der Waals surface area contributed by atoms with E-state index in [-0.39, 0.29) is 0 Å². The van der Waals surface area contributed by atoms with E-state index in [1.807, 2.05) is 37.3 Å². The molecule has 1 aromatic rings. The van der Waals surface area contributed by atoms with Crippen LogP contribution >= 0.6 is 0 Å². The number of likely N-dealkylation sites (N-methyl/N-ethyl adjacent to an activating group) is 1. The maximum absolute atomic E-state index is 9.71. The third kappa shape index (κ3) is 4.30. The maximum Gasteiger partial charge on any atom is 0.155 e. The SMILES string of the molecule is CCNC(C#N)(COCC1CCCCC1)c1ccccc1. The highest BCUT2D eigenvalue weighted by atomic mass is 16.5. The second-order valence-electron chi connectivity index (χ2n) is 5.93. The van der Waals surface area contributed by atoms with Gasteiger partial charge in [-0.15, -0.1) is 0 Å². The molecule has 0 spiro atoms. The van der Waals surface area contributed by atoms with Gasteiger partial charge >= 0.3 is 0 Å². The van der Waals surface area contributed by atoms with E-state index in [2.05, 4.69) is 11.4 Å². The largest absolute Gasteiger partial charge is 0.378 e. The second kappa shape index (κ2) is 8.17. The third-order valence-corrected chi connectivity index (χ3v) is 4.33. The van der Waals surface area contributed by atoms with E-state index >= 15 is 0 Å². The first kappa shape index (κ1) is 16.0. The van der Waals surface area contributed by atoms with Crippen molar-refractivity contribution in [3.05, 3.63) is 35.9 Å². The van der Waals surface area contributed by atoms with Crippen LogP contribution in [0, 0.1) is 17.2 Å². The number of ether oxygens (including phenoxy) is 1. The van der Waals surface area contributed by atoms with Gasteiger partial charge in [0.05, 0.1) is 12.7 Å². The molecule has 114 valence electrons. The Bertz CT molecular complexity index is 448. The van der Waals surface area contributed by atoms with E-state index in [1.165, 1.54) is 32.1 Å². The van der Waals surface area contributed by atoms with Gasteiger partial charge in [0.15, 0.2) is 5.54 Å². The number of benzene rings is 1. The van der Waals surface area contributed by atoms with Gasteiger partial charge < -0.3 is 4.74 Å². The van der Waals surface area contributed by atoms with Crippen molar-refractivity contribution in [1.82, 2.24) is 5.32 Å². The Hall–Kier alpha value is -1.37. The molecule has 1 aromatic carbocycles. The lowest BCUT2D eigenvalue weighted by Gasteiger charge is -2.29. The fourth-order valence-corrected chi connectivity index (χ4v) is 3.13. The number of nitrogens with zero attached hydrogens (tertiary/aromatic N) is 1. The van der Waals surface area contributed by atoms with Crippen molar-refractivity contribution < 1.29 is 4.74 Å². The van der Waals surface area contributed by atoms with E-state index in [9.17, 15) is 5.26 Å². The number of nitrogens with one attached hydrogen (secondary N) is 1. The summed E-state index contributed by atoms with van der Waals surface area (Å²) in [5, 5.41) is 13.0. The Morgan fingerprint density at radius 1 is 1.24 bits per heavy atom. The normalized spacial score (nSPS) is 18.9. The summed E-state index contributed by atoms with van der Waals surface area (Å²) in [5.41, 5.74) is 0.253. The van der Waals surface area contributed by atoms with E-state index < -0.39 is 5.54 Å². The molecule has 1 aliphatic carbocycles. The van der Waals surface area contributed by atoms with Crippen molar-refractivity contribution >= 4 is 0 Å². The van der Waals surface area contributed by atoms with Crippen LogP contribution in [-0.2, 0) is 10.3 Å². The summed E-state index contributed by atoms with van der Waals surface area (Å²) in [5.74, 6) is 0.674. The highest BCUT2D eigenvalue weighted by Crippen LogP contribution is 2.25. The molecule has 0 bridgehead atoms. The summed E-state index contributed by atoms with van der Waals surface area (Å²) in [4.78, 5) is 0. The van der Waals surface area contributed by atoms with E-state index in [0.29, 0.717) is 12.5 Å². The molecule has 1 saturated carbocycles.